The minimum Gasteiger partial charge on any atom is -0.508 e. The van der Waals surface area contributed by atoms with Crippen LogP contribution in [0.3, 0.4) is 0 Å². The molecule has 0 radical (unpaired) electrons. The molecule has 2 rings (SSSR count). The van der Waals surface area contributed by atoms with Crippen LogP contribution in [0.4, 0.5) is 5.69 Å². The molecule has 4 N–H and O–H groups in total. The molecule has 0 heterocycles. The molecule has 0 spiro atoms. The number of benzene rings is 2. The van der Waals surface area contributed by atoms with E-state index in [0.29, 0.717) is 5.56 Å². The third-order valence-electron chi connectivity index (χ3n) is 3.15. The molecule has 0 bridgehead atoms. The first-order valence-corrected chi connectivity index (χ1v) is 6.72. The SMILES string of the molecule is Cc1ccc(/C=C/C(=O)Nc2cc(O)ccc2C(=O)O)cc1O. The van der Waals surface area contributed by atoms with E-state index in [-0.39, 0.29) is 22.7 Å². The Morgan fingerprint density at radius 1 is 1.09 bits per heavy atom. The van der Waals surface area contributed by atoms with E-state index in [4.69, 9.17) is 5.11 Å². The van der Waals surface area contributed by atoms with Crippen molar-refractivity contribution in [3.05, 3.63) is 59.2 Å². The zero-order chi connectivity index (χ0) is 17.0. The Hall–Kier alpha value is -3.28. The lowest BCUT2D eigenvalue weighted by Gasteiger charge is -2.07. The summed E-state index contributed by atoms with van der Waals surface area (Å²) in [5, 5.41) is 30.5. The van der Waals surface area contributed by atoms with Gasteiger partial charge in [0.25, 0.3) is 0 Å². The van der Waals surface area contributed by atoms with Crippen molar-refractivity contribution in [1.29, 1.82) is 0 Å². The quantitative estimate of drug-likeness (QED) is 0.649. The van der Waals surface area contributed by atoms with E-state index in [2.05, 4.69) is 5.32 Å². The molecule has 0 aliphatic rings. The summed E-state index contributed by atoms with van der Waals surface area (Å²) < 4.78 is 0. The van der Waals surface area contributed by atoms with Crippen molar-refractivity contribution in [2.75, 3.05) is 5.32 Å². The standard InChI is InChI=1S/C17H15NO5/c1-10-2-3-11(8-15(10)20)4-7-16(21)18-14-9-12(19)5-6-13(14)17(22)23/h2-9,19-20H,1H3,(H,18,21)(H,22,23)/b7-4+. The van der Waals surface area contributed by atoms with E-state index >= 15 is 0 Å². The number of carbonyl (C=O) groups excluding carboxylic acids is 1. The summed E-state index contributed by atoms with van der Waals surface area (Å²) in [4.78, 5) is 23.0. The van der Waals surface area contributed by atoms with Crippen LogP contribution >= 0.6 is 0 Å². The number of carbonyl (C=O) groups is 2. The summed E-state index contributed by atoms with van der Waals surface area (Å²) >= 11 is 0. The molecule has 2 aromatic rings. The first-order chi connectivity index (χ1) is 10.9. The molecule has 0 unspecified atom stereocenters. The lowest BCUT2D eigenvalue weighted by molar-refractivity contribution is -0.111. The normalized spacial score (nSPS) is 10.7. The first kappa shape index (κ1) is 16.1. The average molecular weight is 313 g/mol. The summed E-state index contributed by atoms with van der Waals surface area (Å²) in [5.41, 5.74) is 1.21. The summed E-state index contributed by atoms with van der Waals surface area (Å²) in [6, 6.07) is 8.54. The Morgan fingerprint density at radius 3 is 2.48 bits per heavy atom. The number of carboxylic acids is 1. The zero-order valence-electron chi connectivity index (χ0n) is 12.3. The molecule has 6 heteroatoms. The van der Waals surface area contributed by atoms with Crippen molar-refractivity contribution < 1.29 is 24.9 Å². The van der Waals surface area contributed by atoms with Crippen molar-refractivity contribution in [2.45, 2.75) is 6.92 Å². The van der Waals surface area contributed by atoms with E-state index in [0.717, 1.165) is 11.6 Å². The van der Waals surface area contributed by atoms with Crippen molar-refractivity contribution in [3.63, 3.8) is 0 Å². The van der Waals surface area contributed by atoms with Gasteiger partial charge in [-0.2, -0.15) is 0 Å². The summed E-state index contributed by atoms with van der Waals surface area (Å²) in [5.74, 6) is -1.81. The molecule has 118 valence electrons. The van der Waals surface area contributed by atoms with Crippen LogP contribution in [0.1, 0.15) is 21.5 Å². The first-order valence-electron chi connectivity index (χ1n) is 6.72. The molecule has 0 aliphatic carbocycles. The van der Waals surface area contributed by atoms with Crippen LogP contribution in [-0.4, -0.2) is 27.2 Å². The highest BCUT2D eigenvalue weighted by molar-refractivity contribution is 6.06. The van der Waals surface area contributed by atoms with Gasteiger partial charge in [0.2, 0.25) is 5.91 Å². The number of rotatable bonds is 4. The average Bonchev–Trinajstić information content (AvgIpc) is 2.48. The minimum absolute atomic E-state index is 0.00102. The van der Waals surface area contributed by atoms with Crippen LogP contribution in [0, 0.1) is 6.92 Å². The van der Waals surface area contributed by atoms with Gasteiger partial charge in [-0.15, -0.1) is 0 Å². The number of nitrogens with one attached hydrogen (secondary N) is 1. The summed E-state index contributed by atoms with van der Waals surface area (Å²) in [6.07, 6.45) is 2.69. The van der Waals surface area contributed by atoms with Crippen molar-refractivity contribution in [1.82, 2.24) is 0 Å². The van der Waals surface area contributed by atoms with Gasteiger partial charge in [-0.25, -0.2) is 4.79 Å². The number of hydrogen-bond donors (Lipinski definition) is 4. The summed E-state index contributed by atoms with van der Waals surface area (Å²) in [6.45, 7) is 1.75. The van der Waals surface area contributed by atoms with Crippen LogP contribution in [-0.2, 0) is 4.79 Å². The molecule has 0 atom stereocenters. The van der Waals surface area contributed by atoms with Gasteiger partial charge in [0.05, 0.1) is 11.3 Å². The van der Waals surface area contributed by atoms with Gasteiger partial charge in [0, 0.05) is 12.1 Å². The second-order valence-electron chi connectivity index (χ2n) is 4.90. The predicted molar refractivity (Wildman–Crippen MR) is 85.6 cm³/mol. The van der Waals surface area contributed by atoms with E-state index in [1.807, 2.05) is 0 Å². The van der Waals surface area contributed by atoms with Gasteiger partial charge in [-0.3, -0.25) is 4.79 Å². The zero-order valence-corrected chi connectivity index (χ0v) is 12.3. The molecular formula is C17H15NO5. The third-order valence-corrected chi connectivity index (χ3v) is 3.15. The highest BCUT2D eigenvalue weighted by Crippen LogP contribution is 2.22. The van der Waals surface area contributed by atoms with Gasteiger partial charge in [-0.1, -0.05) is 12.1 Å². The molecule has 0 saturated carbocycles. The molecule has 0 aliphatic heterocycles. The van der Waals surface area contributed by atoms with Crippen molar-refractivity contribution in [2.24, 2.45) is 0 Å². The number of aromatic carboxylic acids is 1. The van der Waals surface area contributed by atoms with Crippen LogP contribution in [0.2, 0.25) is 0 Å². The Balaban J connectivity index is 2.16. The number of aryl methyl sites for hydroxylation is 1. The van der Waals surface area contributed by atoms with Gasteiger partial charge in [-0.05, 0) is 42.3 Å². The van der Waals surface area contributed by atoms with Gasteiger partial charge in [0.1, 0.15) is 11.5 Å². The molecular weight excluding hydrogens is 298 g/mol. The van der Waals surface area contributed by atoms with Gasteiger partial charge < -0.3 is 20.6 Å². The van der Waals surface area contributed by atoms with Crippen molar-refractivity contribution in [3.8, 4) is 11.5 Å². The second kappa shape index (κ2) is 6.65. The predicted octanol–water partition coefficient (Wildman–Crippen LogP) is 2.76. The van der Waals surface area contributed by atoms with Crippen LogP contribution < -0.4 is 5.32 Å². The molecule has 6 nitrogen and oxygen atoms in total. The van der Waals surface area contributed by atoms with Crippen LogP contribution in [0.5, 0.6) is 11.5 Å². The number of anilines is 1. The second-order valence-corrected chi connectivity index (χ2v) is 4.90. The number of hydrogen-bond acceptors (Lipinski definition) is 4. The lowest BCUT2D eigenvalue weighted by atomic mass is 10.1. The van der Waals surface area contributed by atoms with Crippen LogP contribution in [0.25, 0.3) is 6.08 Å². The molecule has 23 heavy (non-hydrogen) atoms. The number of carboxylic acid groups (broad SMARTS) is 1. The van der Waals surface area contributed by atoms with Gasteiger partial charge in [0.15, 0.2) is 0 Å². The van der Waals surface area contributed by atoms with E-state index < -0.39 is 11.9 Å². The Bertz CT molecular complexity index is 796. The maximum Gasteiger partial charge on any atom is 0.337 e. The highest BCUT2D eigenvalue weighted by atomic mass is 16.4. The third kappa shape index (κ3) is 4.10. The molecule has 0 saturated heterocycles. The number of aromatic hydroxyl groups is 2. The number of amides is 1. The fraction of sp³-hybridized carbons (Fsp3) is 0.0588. The minimum atomic E-state index is -1.22. The largest absolute Gasteiger partial charge is 0.508 e. The molecule has 0 aromatic heterocycles. The maximum atomic E-state index is 11.9. The Labute approximate surface area is 132 Å². The van der Waals surface area contributed by atoms with Gasteiger partial charge >= 0.3 is 5.97 Å². The van der Waals surface area contributed by atoms with E-state index in [1.165, 1.54) is 30.4 Å². The van der Waals surface area contributed by atoms with Crippen molar-refractivity contribution >= 4 is 23.6 Å². The topological polar surface area (TPSA) is 107 Å². The molecule has 2 aromatic carbocycles. The Kier molecular flexibility index (Phi) is 4.66. The Morgan fingerprint density at radius 2 is 1.83 bits per heavy atom. The maximum absolute atomic E-state index is 11.9. The number of phenolic OH excluding ortho intramolecular Hbond substituents is 2. The highest BCUT2D eigenvalue weighted by Gasteiger charge is 2.12. The molecule has 0 fully saturated rings. The number of phenols is 2. The molecule has 1 amide bonds. The van der Waals surface area contributed by atoms with E-state index in [1.54, 1.807) is 19.1 Å². The fourth-order valence-electron chi connectivity index (χ4n) is 1.90. The monoisotopic (exact) mass is 313 g/mol. The fourth-order valence-corrected chi connectivity index (χ4v) is 1.90. The smallest absolute Gasteiger partial charge is 0.337 e. The van der Waals surface area contributed by atoms with E-state index in [9.17, 15) is 19.8 Å². The van der Waals surface area contributed by atoms with Crippen LogP contribution in [0.15, 0.2) is 42.5 Å². The lowest BCUT2D eigenvalue weighted by Crippen LogP contribution is -2.11. The summed E-state index contributed by atoms with van der Waals surface area (Å²) in [7, 11) is 0.